The van der Waals surface area contributed by atoms with Gasteiger partial charge in [0.15, 0.2) is 0 Å². The van der Waals surface area contributed by atoms with Crippen molar-refractivity contribution >= 4 is 12.0 Å². The number of piperidine rings is 1. The van der Waals surface area contributed by atoms with Crippen molar-refractivity contribution in [3.8, 4) is 0 Å². The number of likely N-dealkylation sites (tertiary alicyclic amines) is 1. The number of carbonyl (C=O) groups excluding carboxylic acids is 1. The molecule has 0 atom stereocenters. The molecule has 1 aliphatic rings. The second kappa shape index (κ2) is 5.51. The number of rotatable bonds is 2. The van der Waals surface area contributed by atoms with Gasteiger partial charge in [0.2, 0.25) is 5.91 Å². The fourth-order valence-electron chi connectivity index (χ4n) is 2.88. The molecule has 0 unspecified atom stereocenters. The zero-order valence-corrected chi connectivity index (χ0v) is 11.6. The molecular weight excluding hydrogens is 301 g/mol. The van der Waals surface area contributed by atoms with Gasteiger partial charge in [-0.3, -0.25) is 4.79 Å². The molecule has 0 saturated carbocycles. The van der Waals surface area contributed by atoms with Gasteiger partial charge in [-0.2, -0.15) is 13.2 Å². The average molecular weight is 316 g/mol. The molecule has 0 aliphatic carbocycles. The van der Waals surface area contributed by atoms with Crippen LogP contribution >= 0.6 is 0 Å². The van der Waals surface area contributed by atoms with E-state index in [1.165, 1.54) is 18.2 Å². The largest absolute Gasteiger partial charge is 0.465 e. The molecule has 3 N–H and O–H groups in total. The second-order valence-electron chi connectivity index (χ2n) is 5.26. The van der Waals surface area contributed by atoms with Gasteiger partial charge in [0.05, 0.1) is 11.0 Å². The van der Waals surface area contributed by atoms with Crippen molar-refractivity contribution in [3.63, 3.8) is 0 Å². The Morgan fingerprint density at radius 3 is 2.18 bits per heavy atom. The maximum atomic E-state index is 13.2. The van der Waals surface area contributed by atoms with Crippen LogP contribution in [0.3, 0.4) is 0 Å². The lowest BCUT2D eigenvalue weighted by atomic mass is 9.70. The summed E-state index contributed by atoms with van der Waals surface area (Å²) in [4.78, 5) is 23.9. The molecule has 120 valence electrons. The van der Waals surface area contributed by atoms with Gasteiger partial charge >= 0.3 is 12.3 Å². The van der Waals surface area contributed by atoms with Gasteiger partial charge in [0.1, 0.15) is 0 Å². The first-order chi connectivity index (χ1) is 10.2. The molecule has 2 rings (SSSR count). The molecule has 1 saturated heterocycles. The van der Waals surface area contributed by atoms with Gasteiger partial charge in [-0.25, -0.2) is 4.79 Å². The number of hydrogen-bond acceptors (Lipinski definition) is 2. The van der Waals surface area contributed by atoms with Crippen LogP contribution in [-0.2, 0) is 16.4 Å². The number of benzene rings is 1. The summed E-state index contributed by atoms with van der Waals surface area (Å²) in [5.74, 6) is -0.866. The number of hydrogen-bond donors (Lipinski definition) is 2. The van der Waals surface area contributed by atoms with Gasteiger partial charge < -0.3 is 15.7 Å². The summed E-state index contributed by atoms with van der Waals surface area (Å²) in [7, 11) is 0. The molecule has 22 heavy (non-hydrogen) atoms. The molecule has 0 aromatic heterocycles. The summed E-state index contributed by atoms with van der Waals surface area (Å²) in [6, 6.07) is 4.81. The van der Waals surface area contributed by atoms with Gasteiger partial charge in [-0.1, -0.05) is 18.2 Å². The molecule has 5 nitrogen and oxygen atoms in total. The standard InChI is InChI=1S/C14H15F3N2O3/c15-14(16,17)10-4-2-1-3-9(10)13(11(18)20)5-7-19(8-6-13)12(21)22/h1-4H,5-8H2,(H2,18,20)(H,21,22). The fraction of sp³-hybridized carbons (Fsp3) is 0.429. The van der Waals surface area contributed by atoms with Crippen LogP contribution in [0.4, 0.5) is 18.0 Å². The zero-order chi connectivity index (χ0) is 16.5. The highest BCUT2D eigenvalue weighted by Gasteiger charge is 2.47. The Kier molecular flexibility index (Phi) is 4.04. The summed E-state index contributed by atoms with van der Waals surface area (Å²) in [5.41, 5.74) is 2.81. The Morgan fingerprint density at radius 1 is 1.18 bits per heavy atom. The normalized spacial score (nSPS) is 18.0. The van der Waals surface area contributed by atoms with E-state index in [-0.39, 0.29) is 31.5 Å². The summed E-state index contributed by atoms with van der Waals surface area (Å²) in [6.45, 7) is -0.0745. The lowest BCUT2D eigenvalue weighted by Crippen LogP contribution is -2.51. The number of alkyl halides is 3. The SMILES string of the molecule is NC(=O)C1(c2ccccc2C(F)(F)F)CCN(C(=O)O)CC1. The van der Waals surface area contributed by atoms with Crippen molar-refractivity contribution in [1.29, 1.82) is 0 Å². The number of primary amides is 1. The van der Waals surface area contributed by atoms with Crippen LogP contribution in [0.1, 0.15) is 24.0 Å². The highest BCUT2D eigenvalue weighted by Crippen LogP contribution is 2.42. The third-order valence-corrected chi connectivity index (χ3v) is 4.11. The summed E-state index contributed by atoms with van der Waals surface area (Å²) >= 11 is 0. The van der Waals surface area contributed by atoms with Crippen molar-refractivity contribution in [2.24, 2.45) is 5.73 Å². The minimum atomic E-state index is -4.61. The summed E-state index contributed by atoms with van der Waals surface area (Å²) < 4.78 is 39.6. The molecule has 1 aliphatic heterocycles. The van der Waals surface area contributed by atoms with E-state index in [1.807, 2.05) is 0 Å². The van der Waals surface area contributed by atoms with Gasteiger partial charge in [0, 0.05) is 13.1 Å². The highest BCUT2D eigenvalue weighted by molar-refractivity contribution is 5.87. The van der Waals surface area contributed by atoms with Crippen LogP contribution in [0.25, 0.3) is 0 Å². The van der Waals surface area contributed by atoms with E-state index in [9.17, 15) is 22.8 Å². The van der Waals surface area contributed by atoms with Crippen molar-refractivity contribution in [2.75, 3.05) is 13.1 Å². The Bertz CT molecular complexity index is 593. The van der Waals surface area contributed by atoms with E-state index < -0.39 is 29.2 Å². The first-order valence-electron chi connectivity index (χ1n) is 6.63. The first-order valence-corrected chi connectivity index (χ1v) is 6.63. The Balaban J connectivity index is 2.47. The van der Waals surface area contributed by atoms with Crippen molar-refractivity contribution in [3.05, 3.63) is 35.4 Å². The predicted molar refractivity (Wildman–Crippen MR) is 71.1 cm³/mol. The lowest BCUT2D eigenvalue weighted by molar-refractivity contribution is -0.139. The van der Waals surface area contributed by atoms with E-state index in [0.29, 0.717) is 0 Å². The Labute approximate surface area is 124 Å². The number of carboxylic acid groups (broad SMARTS) is 1. The monoisotopic (exact) mass is 316 g/mol. The van der Waals surface area contributed by atoms with Crippen molar-refractivity contribution in [2.45, 2.75) is 24.4 Å². The van der Waals surface area contributed by atoms with Gasteiger partial charge in [0.25, 0.3) is 0 Å². The van der Waals surface area contributed by atoms with Crippen LogP contribution in [0.15, 0.2) is 24.3 Å². The minimum Gasteiger partial charge on any atom is -0.465 e. The summed E-state index contributed by atoms with van der Waals surface area (Å²) in [5, 5.41) is 8.93. The van der Waals surface area contributed by atoms with Crippen LogP contribution in [0.2, 0.25) is 0 Å². The van der Waals surface area contributed by atoms with Crippen LogP contribution in [-0.4, -0.2) is 35.1 Å². The van der Waals surface area contributed by atoms with Crippen LogP contribution < -0.4 is 5.73 Å². The van der Waals surface area contributed by atoms with Crippen molar-refractivity contribution < 1.29 is 27.9 Å². The number of nitrogens with two attached hydrogens (primary N) is 1. The minimum absolute atomic E-state index is 0.0372. The molecule has 1 heterocycles. The average Bonchev–Trinajstić information content (AvgIpc) is 2.46. The third-order valence-electron chi connectivity index (χ3n) is 4.11. The third kappa shape index (κ3) is 2.72. The number of amides is 2. The number of nitrogens with zero attached hydrogens (tertiary/aromatic N) is 1. The summed E-state index contributed by atoms with van der Waals surface area (Å²) in [6.07, 6.45) is -5.91. The maximum absolute atomic E-state index is 13.2. The lowest BCUT2D eigenvalue weighted by Gasteiger charge is -2.40. The van der Waals surface area contributed by atoms with Gasteiger partial charge in [-0.15, -0.1) is 0 Å². The molecule has 0 radical (unpaired) electrons. The Morgan fingerprint density at radius 2 is 1.73 bits per heavy atom. The molecule has 1 aromatic rings. The molecule has 0 bridgehead atoms. The smallest absolute Gasteiger partial charge is 0.416 e. The van der Waals surface area contributed by atoms with E-state index in [1.54, 1.807) is 0 Å². The predicted octanol–water partition coefficient (Wildman–Crippen LogP) is 2.20. The van der Waals surface area contributed by atoms with E-state index in [0.717, 1.165) is 11.0 Å². The molecule has 1 fully saturated rings. The topological polar surface area (TPSA) is 83.6 Å². The fourth-order valence-corrected chi connectivity index (χ4v) is 2.88. The van der Waals surface area contributed by atoms with Crippen LogP contribution in [0, 0.1) is 0 Å². The maximum Gasteiger partial charge on any atom is 0.416 e. The first kappa shape index (κ1) is 16.1. The van der Waals surface area contributed by atoms with Crippen molar-refractivity contribution in [1.82, 2.24) is 4.90 Å². The Hall–Kier alpha value is -2.25. The molecule has 8 heteroatoms. The number of carbonyl (C=O) groups is 2. The van der Waals surface area contributed by atoms with E-state index in [2.05, 4.69) is 0 Å². The molecule has 0 spiro atoms. The molecular formula is C14H15F3N2O3. The van der Waals surface area contributed by atoms with Crippen LogP contribution in [0.5, 0.6) is 0 Å². The quantitative estimate of drug-likeness (QED) is 0.877. The zero-order valence-electron chi connectivity index (χ0n) is 11.6. The van der Waals surface area contributed by atoms with E-state index >= 15 is 0 Å². The van der Waals surface area contributed by atoms with Gasteiger partial charge in [-0.05, 0) is 24.5 Å². The number of halogens is 3. The second-order valence-corrected chi connectivity index (χ2v) is 5.26. The molecule has 1 aromatic carbocycles. The molecule has 2 amide bonds. The van der Waals surface area contributed by atoms with E-state index in [4.69, 9.17) is 10.8 Å². The highest BCUT2D eigenvalue weighted by atomic mass is 19.4.